The van der Waals surface area contributed by atoms with Crippen LogP contribution in [0.1, 0.15) is 25.7 Å². The summed E-state index contributed by atoms with van der Waals surface area (Å²) in [5.41, 5.74) is 0. The van der Waals surface area contributed by atoms with Crippen LogP contribution in [0.25, 0.3) is 0 Å². The molecule has 3 unspecified atom stereocenters. The van der Waals surface area contributed by atoms with E-state index in [2.05, 4.69) is 5.32 Å². The van der Waals surface area contributed by atoms with E-state index >= 15 is 0 Å². The lowest BCUT2D eigenvalue weighted by molar-refractivity contribution is -0.142. The first kappa shape index (κ1) is 12.8. The first-order valence-electron chi connectivity index (χ1n) is 6.43. The monoisotopic (exact) mass is 243 g/mol. The Kier molecular flexibility index (Phi) is 4.76. The van der Waals surface area contributed by atoms with Gasteiger partial charge in [-0.3, -0.25) is 4.79 Å². The van der Waals surface area contributed by atoms with E-state index in [-0.39, 0.29) is 12.0 Å². The lowest BCUT2D eigenvalue weighted by Crippen LogP contribution is -2.48. The van der Waals surface area contributed by atoms with Crippen LogP contribution < -0.4 is 5.32 Å². The minimum atomic E-state index is -0.779. The largest absolute Gasteiger partial charge is 0.480 e. The van der Waals surface area contributed by atoms with Crippen molar-refractivity contribution in [2.75, 3.05) is 26.4 Å². The van der Waals surface area contributed by atoms with Crippen LogP contribution >= 0.6 is 0 Å². The third kappa shape index (κ3) is 3.66. The van der Waals surface area contributed by atoms with Crippen molar-refractivity contribution in [3.8, 4) is 0 Å². The highest BCUT2D eigenvalue weighted by Gasteiger charge is 2.30. The summed E-state index contributed by atoms with van der Waals surface area (Å²) in [6.45, 7) is 2.74. The summed E-state index contributed by atoms with van der Waals surface area (Å²) in [6.07, 6.45) is 4.17. The summed E-state index contributed by atoms with van der Waals surface area (Å²) in [7, 11) is 0. The van der Waals surface area contributed by atoms with Crippen molar-refractivity contribution in [3.05, 3.63) is 0 Å². The first-order valence-corrected chi connectivity index (χ1v) is 6.43. The summed E-state index contributed by atoms with van der Waals surface area (Å²) in [5, 5.41) is 12.4. The van der Waals surface area contributed by atoms with Crippen LogP contribution in [-0.2, 0) is 14.3 Å². The topological polar surface area (TPSA) is 67.8 Å². The molecule has 2 aliphatic heterocycles. The Morgan fingerprint density at radius 3 is 2.76 bits per heavy atom. The van der Waals surface area contributed by atoms with Crippen molar-refractivity contribution in [1.82, 2.24) is 5.32 Å². The fourth-order valence-corrected chi connectivity index (χ4v) is 2.55. The van der Waals surface area contributed by atoms with Crippen molar-refractivity contribution < 1.29 is 19.4 Å². The SMILES string of the molecule is O=C(O)C(NCC1CCCO1)C1CCCOC1. The zero-order valence-corrected chi connectivity index (χ0v) is 10.1. The molecule has 2 heterocycles. The maximum absolute atomic E-state index is 11.2. The Morgan fingerprint density at radius 1 is 1.35 bits per heavy atom. The van der Waals surface area contributed by atoms with E-state index in [4.69, 9.17) is 9.47 Å². The fraction of sp³-hybridized carbons (Fsp3) is 0.917. The number of hydrogen-bond acceptors (Lipinski definition) is 4. The van der Waals surface area contributed by atoms with E-state index in [0.717, 1.165) is 38.9 Å². The average Bonchev–Trinajstić information content (AvgIpc) is 2.83. The molecule has 17 heavy (non-hydrogen) atoms. The number of rotatable bonds is 5. The molecule has 2 rings (SSSR count). The number of aliphatic carboxylic acids is 1. The van der Waals surface area contributed by atoms with Gasteiger partial charge in [0, 0.05) is 25.7 Å². The van der Waals surface area contributed by atoms with Crippen LogP contribution in [0, 0.1) is 5.92 Å². The van der Waals surface area contributed by atoms with Crippen LogP contribution in [0.3, 0.4) is 0 Å². The van der Waals surface area contributed by atoms with E-state index in [0.29, 0.717) is 13.2 Å². The highest BCUT2D eigenvalue weighted by Crippen LogP contribution is 2.18. The van der Waals surface area contributed by atoms with E-state index in [1.165, 1.54) is 0 Å². The van der Waals surface area contributed by atoms with E-state index in [1.54, 1.807) is 0 Å². The van der Waals surface area contributed by atoms with Gasteiger partial charge in [0.1, 0.15) is 6.04 Å². The Labute approximate surface area is 101 Å². The Bertz CT molecular complexity index is 247. The van der Waals surface area contributed by atoms with Crippen LogP contribution in [0.4, 0.5) is 0 Å². The van der Waals surface area contributed by atoms with Crippen molar-refractivity contribution in [3.63, 3.8) is 0 Å². The Hall–Kier alpha value is -0.650. The van der Waals surface area contributed by atoms with Crippen molar-refractivity contribution in [1.29, 1.82) is 0 Å². The Morgan fingerprint density at radius 2 is 2.18 bits per heavy atom. The molecular formula is C12H21NO4. The molecule has 0 amide bonds. The zero-order valence-electron chi connectivity index (χ0n) is 10.1. The van der Waals surface area contributed by atoms with Crippen molar-refractivity contribution in [2.45, 2.75) is 37.8 Å². The summed E-state index contributed by atoms with van der Waals surface area (Å²) in [6, 6.07) is -0.500. The van der Waals surface area contributed by atoms with Gasteiger partial charge in [0.15, 0.2) is 0 Å². The maximum Gasteiger partial charge on any atom is 0.321 e. The van der Waals surface area contributed by atoms with Crippen LogP contribution in [0.5, 0.6) is 0 Å². The third-order valence-electron chi connectivity index (χ3n) is 3.52. The smallest absolute Gasteiger partial charge is 0.321 e. The Balaban J connectivity index is 1.80. The molecule has 0 aliphatic carbocycles. The van der Waals surface area contributed by atoms with Crippen molar-refractivity contribution in [2.24, 2.45) is 5.92 Å². The molecule has 2 saturated heterocycles. The molecule has 0 aromatic carbocycles. The number of carboxylic acids is 1. The number of carboxylic acid groups (broad SMARTS) is 1. The van der Waals surface area contributed by atoms with Gasteiger partial charge in [0.2, 0.25) is 0 Å². The van der Waals surface area contributed by atoms with Gasteiger partial charge >= 0.3 is 5.97 Å². The van der Waals surface area contributed by atoms with Crippen LogP contribution in [-0.4, -0.2) is 49.6 Å². The third-order valence-corrected chi connectivity index (χ3v) is 3.52. The van der Waals surface area contributed by atoms with Gasteiger partial charge in [-0.25, -0.2) is 0 Å². The number of nitrogens with one attached hydrogen (secondary N) is 1. The summed E-state index contributed by atoms with van der Waals surface area (Å²) >= 11 is 0. The number of carbonyl (C=O) groups is 1. The first-order chi connectivity index (χ1) is 8.27. The van der Waals surface area contributed by atoms with Gasteiger partial charge in [0.25, 0.3) is 0 Å². The highest BCUT2D eigenvalue weighted by molar-refractivity contribution is 5.73. The summed E-state index contributed by atoms with van der Waals surface area (Å²) in [5.74, 6) is -0.693. The van der Waals surface area contributed by atoms with Crippen LogP contribution in [0.15, 0.2) is 0 Å². The fourth-order valence-electron chi connectivity index (χ4n) is 2.55. The second-order valence-electron chi connectivity index (χ2n) is 4.84. The average molecular weight is 243 g/mol. The molecule has 2 aliphatic rings. The highest BCUT2D eigenvalue weighted by atomic mass is 16.5. The predicted octanol–water partition coefficient (Wildman–Crippen LogP) is 0.635. The maximum atomic E-state index is 11.2. The van der Waals surface area contributed by atoms with Crippen LogP contribution in [0.2, 0.25) is 0 Å². The molecule has 5 nitrogen and oxygen atoms in total. The van der Waals surface area contributed by atoms with Gasteiger partial charge < -0.3 is 19.9 Å². The van der Waals surface area contributed by atoms with Crippen molar-refractivity contribution >= 4 is 5.97 Å². The molecule has 0 spiro atoms. The number of hydrogen-bond donors (Lipinski definition) is 2. The number of ether oxygens (including phenoxy) is 2. The minimum absolute atomic E-state index is 0.0858. The molecule has 0 bridgehead atoms. The summed E-state index contributed by atoms with van der Waals surface area (Å²) in [4.78, 5) is 11.2. The van der Waals surface area contributed by atoms with Gasteiger partial charge in [-0.05, 0) is 25.7 Å². The molecule has 2 fully saturated rings. The zero-order chi connectivity index (χ0) is 12.1. The van der Waals surface area contributed by atoms with Gasteiger partial charge in [-0.1, -0.05) is 0 Å². The van der Waals surface area contributed by atoms with Gasteiger partial charge in [-0.15, -0.1) is 0 Å². The van der Waals surface area contributed by atoms with E-state index < -0.39 is 12.0 Å². The molecule has 98 valence electrons. The van der Waals surface area contributed by atoms with E-state index in [1.807, 2.05) is 0 Å². The van der Waals surface area contributed by atoms with Gasteiger partial charge in [-0.2, -0.15) is 0 Å². The normalized spacial score (nSPS) is 31.3. The molecule has 0 radical (unpaired) electrons. The molecule has 0 saturated carbocycles. The quantitative estimate of drug-likeness (QED) is 0.741. The lowest BCUT2D eigenvalue weighted by atomic mass is 9.93. The molecule has 5 heteroatoms. The standard InChI is InChI=1S/C12H21NO4/c14-12(15)11(9-3-1-5-16-8-9)13-7-10-4-2-6-17-10/h9-11,13H,1-8H2,(H,14,15). The second kappa shape index (κ2) is 6.33. The van der Waals surface area contributed by atoms with E-state index in [9.17, 15) is 9.90 Å². The molecule has 0 aromatic rings. The summed E-state index contributed by atoms with van der Waals surface area (Å²) < 4.78 is 10.8. The molecule has 2 N–H and O–H groups in total. The minimum Gasteiger partial charge on any atom is -0.480 e. The molecule has 0 aromatic heterocycles. The second-order valence-corrected chi connectivity index (χ2v) is 4.84. The van der Waals surface area contributed by atoms with Gasteiger partial charge in [0.05, 0.1) is 12.7 Å². The predicted molar refractivity (Wildman–Crippen MR) is 61.9 cm³/mol. The lowest BCUT2D eigenvalue weighted by Gasteiger charge is -2.28. The molecular weight excluding hydrogens is 222 g/mol. The molecule has 3 atom stereocenters.